The minimum atomic E-state index is -0.0711. The molecule has 0 spiro atoms. The molecule has 144 valence electrons. The normalized spacial score (nSPS) is 16.2. The van der Waals surface area contributed by atoms with Crippen molar-refractivity contribution in [1.82, 2.24) is 15.3 Å². The molecular weight excluding hydrogens is 420 g/mol. The second kappa shape index (κ2) is 8.67. The summed E-state index contributed by atoms with van der Waals surface area (Å²) in [5, 5.41) is 6.36. The zero-order chi connectivity index (χ0) is 19.3. The molecule has 1 amide bonds. The van der Waals surface area contributed by atoms with Crippen LogP contribution in [0.1, 0.15) is 28.8 Å². The van der Waals surface area contributed by atoms with E-state index in [4.69, 9.17) is 4.74 Å². The average molecular weight is 441 g/mol. The molecule has 28 heavy (non-hydrogen) atoms. The van der Waals surface area contributed by atoms with Crippen molar-refractivity contribution >= 4 is 38.6 Å². The number of hydrogen-bond donors (Lipinski definition) is 2. The van der Waals surface area contributed by atoms with Crippen LogP contribution in [0.4, 0.5) is 5.69 Å². The lowest BCUT2D eigenvalue weighted by atomic mass is 10.1. The zero-order valence-corrected chi connectivity index (χ0v) is 16.9. The van der Waals surface area contributed by atoms with E-state index in [9.17, 15) is 4.79 Å². The van der Waals surface area contributed by atoms with Crippen molar-refractivity contribution in [3.8, 4) is 0 Å². The van der Waals surface area contributed by atoms with Gasteiger partial charge in [-0.25, -0.2) is 0 Å². The Morgan fingerprint density at radius 1 is 1.25 bits per heavy atom. The maximum Gasteiger partial charge on any atom is 0.251 e. The lowest BCUT2D eigenvalue weighted by Crippen LogP contribution is -2.31. The number of rotatable bonds is 6. The van der Waals surface area contributed by atoms with Crippen molar-refractivity contribution in [2.24, 2.45) is 0 Å². The van der Waals surface area contributed by atoms with Crippen LogP contribution in [0.15, 0.2) is 53.3 Å². The van der Waals surface area contributed by atoms with Gasteiger partial charge in [-0.05, 0) is 58.6 Å². The fraction of sp³-hybridized carbons (Fsp3) is 0.286. The van der Waals surface area contributed by atoms with E-state index in [0.29, 0.717) is 18.7 Å². The minimum Gasteiger partial charge on any atom is -0.379 e. The van der Waals surface area contributed by atoms with E-state index in [1.807, 2.05) is 36.4 Å². The van der Waals surface area contributed by atoms with E-state index in [0.717, 1.165) is 46.2 Å². The van der Waals surface area contributed by atoms with Crippen LogP contribution < -0.4 is 10.6 Å². The summed E-state index contributed by atoms with van der Waals surface area (Å²) in [6.07, 6.45) is 5.73. The SMILES string of the molecule is O=C(NCC1CCCO1)c1cccc(CNc2ccnc3cc(Br)cnc23)c1. The van der Waals surface area contributed by atoms with Gasteiger partial charge >= 0.3 is 0 Å². The van der Waals surface area contributed by atoms with E-state index in [-0.39, 0.29) is 12.0 Å². The number of carbonyl (C=O) groups is 1. The van der Waals surface area contributed by atoms with Crippen LogP contribution in [0.5, 0.6) is 0 Å². The van der Waals surface area contributed by atoms with Gasteiger partial charge in [0.1, 0.15) is 5.52 Å². The first-order valence-corrected chi connectivity index (χ1v) is 10.1. The fourth-order valence-corrected chi connectivity index (χ4v) is 3.60. The Morgan fingerprint density at radius 3 is 3.04 bits per heavy atom. The first-order chi connectivity index (χ1) is 13.7. The van der Waals surface area contributed by atoms with E-state index in [1.54, 1.807) is 12.4 Å². The van der Waals surface area contributed by atoms with E-state index in [2.05, 4.69) is 36.5 Å². The van der Waals surface area contributed by atoms with Crippen molar-refractivity contribution < 1.29 is 9.53 Å². The molecule has 1 saturated heterocycles. The van der Waals surface area contributed by atoms with Crippen LogP contribution in [0.2, 0.25) is 0 Å². The Balaban J connectivity index is 1.41. The number of fused-ring (bicyclic) bond motifs is 1. The highest BCUT2D eigenvalue weighted by molar-refractivity contribution is 9.10. The fourth-order valence-electron chi connectivity index (χ4n) is 3.28. The molecule has 7 heteroatoms. The Kier molecular flexibility index (Phi) is 5.83. The first-order valence-electron chi connectivity index (χ1n) is 9.32. The van der Waals surface area contributed by atoms with Crippen molar-refractivity contribution in [2.75, 3.05) is 18.5 Å². The largest absolute Gasteiger partial charge is 0.379 e. The van der Waals surface area contributed by atoms with Crippen LogP contribution in [0.25, 0.3) is 11.0 Å². The summed E-state index contributed by atoms with van der Waals surface area (Å²) in [5.41, 5.74) is 4.22. The molecule has 0 bridgehead atoms. The molecule has 3 aromatic rings. The summed E-state index contributed by atoms with van der Waals surface area (Å²) in [4.78, 5) is 21.2. The van der Waals surface area contributed by atoms with Crippen molar-refractivity contribution in [3.05, 3.63) is 64.4 Å². The molecule has 1 aromatic carbocycles. The molecule has 0 saturated carbocycles. The Morgan fingerprint density at radius 2 is 2.18 bits per heavy atom. The van der Waals surface area contributed by atoms with Gasteiger partial charge in [-0.3, -0.25) is 14.8 Å². The number of ether oxygens (including phenoxy) is 1. The van der Waals surface area contributed by atoms with Gasteiger partial charge in [-0.1, -0.05) is 12.1 Å². The third kappa shape index (κ3) is 4.48. The molecule has 2 aromatic heterocycles. The number of nitrogens with one attached hydrogen (secondary N) is 2. The van der Waals surface area contributed by atoms with Crippen LogP contribution in [-0.2, 0) is 11.3 Å². The van der Waals surface area contributed by atoms with Crippen LogP contribution >= 0.6 is 15.9 Å². The predicted octanol–water partition coefficient (Wildman–Crippen LogP) is 3.91. The summed E-state index contributed by atoms with van der Waals surface area (Å²) in [7, 11) is 0. The maximum absolute atomic E-state index is 12.4. The van der Waals surface area contributed by atoms with Gasteiger partial charge in [0, 0.05) is 42.1 Å². The van der Waals surface area contributed by atoms with E-state index < -0.39 is 0 Å². The Labute approximate surface area is 171 Å². The second-order valence-corrected chi connectivity index (χ2v) is 7.69. The van der Waals surface area contributed by atoms with Crippen LogP contribution in [-0.4, -0.2) is 35.1 Å². The van der Waals surface area contributed by atoms with E-state index >= 15 is 0 Å². The molecule has 4 rings (SSSR count). The molecule has 0 aliphatic carbocycles. The smallest absolute Gasteiger partial charge is 0.251 e. The summed E-state index contributed by atoms with van der Waals surface area (Å²) >= 11 is 3.42. The van der Waals surface area contributed by atoms with Crippen LogP contribution in [0.3, 0.4) is 0 Å². The molecule has 0 radical (unpaired) electrons. The summed E-state index contributed by atoms with van der Waals surface area (Å²) < 4.78 is 6.45. The molecular formula is C21H21BrN4O2. The highest BCUT2D eigenvalue weighted by atomic mass is 79.9. The molecule has 6 nitrogen and oxygen atoms in total. The number of benzene rings is 1. The Bertz CT molecular complexity index is 989. The van der Waals surface area contributed by atoms with Gasteiger partial charge in [-0.2, -0.15) is 0 Å². The standard InChI is InChI=1S/C21H21BrN4O2/c22-16-10-19-20(25-12-16)18(6-7-23-19)24-11-14-3-1-4-15(9-14)21(27)26-13-17-5-2-8-28-17/h1,3-4,6-7,9-10,12,17H,2,5,8,11,13H2,(H,23,24)(H,26,27). The minimum absolute atomic E-state index is 0.0711. The van der Waals surface area contributed by atoms with Gasteiger partial charge in [0.05, 0.1) is 17.3 Å². The van der Waals surface area contributed by atoms with Crippen molar-refractivity contribution in [2.45, 2.75) is 25.5 Å². The van der Waals surface area contributed by atoms with Gasteiger partial charge in [0.2, 0.25) is 0 Å². The second-order valence-electron chi connectivity index (χ2n) is 6.78. The number of hydrogen-bond acceptors (Lipinski definition) is 5. The Hall–Kier alpha value is -2.51. The molecule has 1 unspecified atom stereocenters. The number of carbonyl (C=O) groups excluding carboxylic acids is 1. The van der Waals surface area contributed by atoms with Crippen LogP contribution in [0, 0.1) is 0 Å². The van der Waals surface area contributed by atoms with Gasteiger partial charge in [0.25, 0.3) is 5.91 Å². The first kappa shape index (κ1) is 18.8. The molecule has 3 heterocycles. The van der Waals surface area contributed by atoms with E-state index in [1.165, 1.54) is 0 Å². The average Bonchev–Trinajstić information content (AvgIpc) is 3.24. The number of aromatic nitrogens is 2. The molecule has 1 aliphatic heterocycles. The van der Waals surface area contributed by atoms with Crippen molar-refractivity contribution in [1.29, 1.82) is 0 Å². The molecule has 1 atom stereocenters. The number of pyridine rings is 2. The molecule has 1 fully saturated rings. The van der Waals surface area contributed by atoms with Gasteiger partial charge in [-0.15, -0.1) is 0 Å². The third-order valence-corrected chi connectivity index (χ3v) is 5.16. The van der Waals surface area contributed by atoms with Gasteiger partial charge in [0.15, 0.2) is 0 Å². The number of halogens is 1. The maximum atomic E-state index is 12.4. The highest BCUT2D eigenvalue weighted by Crippen LogP contribution is 2.22. The quantitative estimate of drug-likeness (QED) is 0.607. The highest BCUT2D eigenvalue weighted by Gasteiger charge is 2.16. The summed E-state index contributed by atoms with van der Waals surface area (Å²) in [5.74, 6) is -0.0711. The number of amides is 1. The number of anilines is 1. The number of nitrogens with zero attached hydrogens (tertiary/aromatic N) is 2. The predicted molar refractivity (Wildman–Crippen MR) is 112 cm³/mol. The zero-order valence-electron chi connectivity index (χ0n) is 15.3. The monoisotopic (exact) mass is 440 g/mol. The lowest BCUT2D eigenvalue weighted by molar-refractivity contribution is 0.0857. The molecule has 2 N–H and O–H groups in total. The third-order valence-electron chi connectivity index (χ3n) is 4.73. The topological polar surface area (TPSA) is 76.1 Å². The lowest BCUT2D eigenvalue weighted by Gasteiger charge is -2.12. The summed E-state index contributed by atoms with van der Waals surface area (Å²) in [6.45, 7) is 1.94. The summed E-state index contributed by atoms with van der Waals surface area (Å²) in [6, 6.07) is 11.5. The van der Waals surface area contributed by atoms with Gasteiger partial charge < -0.3 is 15.4 Å². The molecule has 1 aliphatic rings. The van der Waals surface area contributed by atoms with Crippen molar-refractivity contribution in [3.63, 3.8) is 0 Å².